The van der Waals surface area contributed by atoms with Crippen LogP contribution in [0.15, 0.2) is 48.5 Å². The zero-order chi connectivity index (χ0) is 22.8. The van der Waals surface area contributed by atoms with E-state index in [0.717, 1.165) is 38.5 Å². The Labute approximate surface area is 180 Å². The first kappa shape index (κ1) is 23.7. The Kier molecular flexibility index (Phi) is 8.83. The van der Waals surface area contributed by atoms with Crippen molar-refractivity contribution in [1.29, 1.82) is 0 Å². The molecule has 0 atom stereocenters. The number of methoxy groups -OCH3 is 2. The van der Waals surface area contributed by atoms with Gasteiger partial charge in [0.1, 0.15) is 11.5 Å². The normalized spacial score (nSPS) is 13.5. The highest BCUT2D eigenvalue weighted by Crippen LogP contribution is 2.18. The van der Waals surface area contributed by atoms with Crippen molar-refractivity contribution in [3.05, 3.63) is 59.7 Å². The number of benzene rings is 2. The number of carboxylic acids is 2. The predicted molar refractivity (Wildman–Crippen MR) is 112 cm³/mol. The smallest absolute Gasteiger partial charge is 0.414 e. The van der Waals surface area contributed by atoms with Crippen molar-refractivity contribution < 1.29 is 34.1 Å². The predicted octanol–water partition coefficient (Wildman–Crippen LogP) is 1.82. The SMILES string of the molecule is COc1cccc(CN2CCN(C(=O)c3cccc(OC)c3)CC2)c1.O=C(O)C(=O)O. The number of rotatable bonds is 5. The Balaban J connectivity index is 0.000000501. The van der Waals surface area contributed by atoms with E-state index in [-0.39, 0.29) is 5.91 Å². The van der Waals surface area contributed by atoms with Gasteiger partial charge in [-0.2, -0.15) is 0 Å². The molecule has 1 aliphatic heterocycles. The van der Waals surface area contributed by atoms with Crippen molar-refractivity contribution in [2.75, 3.05) is 40.4 Å². The number of carboxylic acid groups (broad SMARTS) is 2. The van der Waals surface area contributed by atoms with Gasteiger partial charge in [-0.3, -0.25) is 9.69 Å². The van der Waals surface area contributed by atoms with Crippen LogP contribution in [0.3, 0.4) is 0 Å². The van der Waals surface area contributed by atoms with Crippen LogP contribution in [0.1, 0.15) is 15.9 Å². The average molecular weight is 430 g/mol. The van der Waals surface area contributed by atoms with Gasteiger partial charge in [0.2, 0.25) is 0 Å². The van der Waals surface area contributed by atoms with Gasteiger partial charge in [0.25, 0.3) is 5.91 Å². The molecule has 0 aliphatic carbocycles. The molecule has 166 valence electrons. The van der Waals surface area contributed by atoms with Gasteiger partial charge in [-0.1, -0.05) is 18.2 Å². The number of carbonyl (C=O) groups is 3. The van der Waals surface area contributed by atoms with Crippen LogP contribution in [0.5, 0.6) is 11.5 Å². The first-order valence-corrected chi connectivity index (χ1v) is 9.59. The van der Waals surface area contributed by atoms with Gasteiger partial charge in [-0.15, -0.1) is 0 Å². The first-order chi connectivity index (χ1) is 14.8. The molecule has 0 radical (unpaired) electrons. The number of hydrogen-bond acceptors (Lipinski definition) is 6. The number of piperazine rings is 1. The summed E-state index contributed by atoms with van der Waals surface area (Å²) in [6.45, 7) is 4.08. The third-order valence-corrected chi connectivity index (χ3v) is 4.70. The number of ether oxygens (including phenoxy) is 2. The Hall–Kier alpha value is -3.59. The molecule has 2 N–H and O–H groups in total. The van der Waals surface area contributed by atoms with Gasteiger partial charge in [-0.05, 0) is 35.9 Å². The van der Waals surface area contributed by atoms with Crippen molar-refractivity contribution in [2.45, 2.75) is 6.54 Å². The van der Waals surface area contributed by atoms with Gasteiger partial charge in [0, 0.05) is 38.3 Å². The van der Waals surface area contributed by atoms with Crippen LogP contribution in [0, 0.1) is 0 Å². The maximum Gasteiger partial charge on any atom is 0.414 e. The molecule has 0 bridgehead atoms. The molecule has 2 aromatic rings. The molecule has 0 unspecified atom stereocenters. The highest BCUT2D eigenvalue weighted by molar-refractivity contribution is 6.27. The van der Waals surface area contributed by atoms with Crippen molar-refractivity contribution in [3.8, 4) is 11.5 Å². The van der Waals surface area contributed by atoms with E-state index in [2.05, 4.69) is 17.0 Å². The Morgan fingerprint density at radius 2 is 1.39 bits per heavy atom. The van der Waals surface area contributed by atoms with Crippen molar-refractivity contribution in [3.63, 3.8) is 0 Å². The van der Waals surface area contributed by atoms with Crippen LogP contribution in [-0.2, 0) is 16.1 Å². The second-order valence-electron chi connectivity index (χ2n) is 6.76. The number of amides is 1. The molecule has 0 saturated carbocycles. The highest BCUT2D eigenvalue weighted by atomic mass is 16.5. The standard InChI is InChI=1S/C20H24N2O3.C2H2O4/c1-24-18-7-3-5-16(13-18)15-21-9-11-22(12-10-21)20(23)17-6-4-8-19(14-17)25-2;3-1(4)2(5)6/h3-8,13-14H,9-12,15H2,1-2H3;(H,3,4)(H,5,6). The Morgan fingerprint density at radius 3 is 1.94 bits per heavy atom. The molecule has 1 saturated heterocycles. The van der Waals surface area contributed by atoms with Crippen molar-refractivity contribution in [1.82, 2.24) is 9.80 Å². The molecule has 3 rings (SSSR count). The fourth-order valence-corrected chi connectivity index (χ4v) is 3.08. The number of carbonyl (C=O) groups excluding carboxylic acids is 1. The molecule has 1 amide bonds. The molecule has 1 aliphatic rings. The summed E-state index contributed by atoms with van der Waals surface area (Å²) in [6.07, 6.45) is 0. The summed E-state index contributed by atoms with van der Waals surface area (Å²) in [4.78, 5) is 35.1. The summed E-state index contributed by atoms with van der Waals surface area (Å²) in [5.41, 5.74) is 1.91. The van der Waals surface area contributed by atoms with Crippen LogP contribution in [0.2, 0.25) is 0 Å². The lowest BCUT2D eigenvalue weighted by Crippen LogP contribution is -2.48. The van der Waals surface area contributed by atoms with Gasteiger partial charge in [-0.25, -0.2) is 9.59 Å². The molecular formula is C22H26N2O7. The van der Waals surface area contributed by atoms with E-state index in [9.17, 15) is 4.79 Å². The van der Waals surface area contributed by atoms with E-state index in [1.165, 1.54) is 5.56 Å². The molecule has 1 heterocycles. The van der Waals surface area contributed by atoms with Gasteiger partial charge in [0.05, 0.1) is 14.2 Å². The number of hydrogen-bond donors (Lipinski definition) is 2. The molecule has 1 fully saturated rings. The zero-order valence-corrected chi connectivity index (χ0v) is 17.5. The second kappa shape index (κ2) is 11.6. The quantitative estimate of drug-likeness (QED) is 0.690. The molecule has 31 heavy (non-hydrogen) atoms. The summed E-state index contributed by atoms with van der Waals surface area (Å²) in [6, 6.07) is 15.5. The van der Waals surface area contributed by atoms with Gasteiger partial charge in [0.15, 0.2) is 0 Å². The maximum atomic E-state index is 12.7. The lowest BCUT2D eigenvalue weighted by Gasteiger charge is -2.34. The zero-order valence-electron chi connectivity index (χ0n) is 17.5. The largest absolute Gasteiger partial charge is 0.497 e. The fraction of sp³-hybridized carbons (Fsp3) is 0.318. The maximum absolute atomic E-state index is 12.7. The van der Waals surface area contributed by atoms with Crippen molar-refractivity contribution >= 4 is 17.8 Å². The van der Waals surface area contributed by atoms with Crippen LogP contribution in [0.4, 0.5) is 0 Å². The lowest BCUT2D eigenvalue weighted by atomic mass is 10.1. The van der Waals surface area contributed by atoms with E-state index in [1.807, 2.05) is 35.2 Å². The van der Waals surface area contributed by atoms with Crippen LogP contribution in [-0.4, -0.2) is 78.3 Å². The summed E-state index contributed by atoms with van der Waals surface area (Å²) in [5, 5.41) is 14.8. The third kappa shape index (κ3) is 7.31. The van der Waals surface area contributed by atoms with E-state index >= 15 is 0 Å². The van der Waals surface area contributed by atoms with Crippen molar-refractivity contribution in [2.24, 2.45) is 0 Å². The van der Waals surface area contributed by atoms with Crippen LogP contribution >= 0.6 is 0 Å². The molecule has 9 nitrogen and oxygen atoms in total. The molecular weight excluding hydrogens is 404 g/mol. The second-order valence-corrected chi connectivity index (χ2v) is 6.76. The summed E-state index contributed by atoms with van der Waals surface area (Å²) < 4.78 is 10.5. The minimum atomic E-state index is -1.82. The molecule has 0 spiro atoms. The Bertz CT molecular complexity index is 896. The monoisotopic (exact) mass is 430 g/mol. The minimum Gasteiger partial charge on any atom is -0.497 e. The van der Waals surface area contributed by atoms with Gasteiger partial charge >= 0.3 is 11.9 Å². The van der Waals surface area contributed by atoms with E-state index in [1.54, 1.807) is 20.3 Å². The third-order valence-electron chi connectivity index (χ3n) is 4.70. The van der Waals surface area contributed by atoms with E-state index in [4.69, 9.17) is 29.3 Å². The van der Waals surface area contributed by atoms with E-state index < -0.39 is 11.9 Å². The minimum absolute atomic E-state index is 0.0694. The molecule has 9 heteroatoms. The van der Waals surface area contributed by atoms with Gasteiger partial charge < -0.3 is 24.6 Å². The average Bonchev–Trinajstić information content (AvgIpc) is 2.79. The summed E-state index contributed by atoms with van der Waals surface area (Å²) in [7, 11) is 3.29. The Morgan fingerprint density at radius 1 is 0.839 bits per heavy atom. The highest BCUT2D eigenvalue weighted by Gasteiger charge is 2.22. The fourth-order valence-electron chi connectivity index (χ4n) is 3.08. The first-order valence-electron chi connectivity index (χ1n) is 9.59. The molecule has 0 aromatic heterocycles. The summed E-state index contributed by atoms with van der Waals surface area (Å²) in [5.74, 6) is -1.99. The number of nitrogens with zero attached hydrogens (tertiary/aromatic N) is 2. The molecule has 2 aromatic carbocycles. The number of aliphatic carboxylic acids is 2. The van der Waals surface area contributed by atoms with Crippen LogP contribution in [0.25, 0.3) is 0 Å². The summed E-state index contributed by atoms with van der Waals surface area (Å²) >= 11 is 0. The lowest BCUT2D eigenvalue weighted by molar-refractivity contribution is -0.159. The van der Waals surface area contributed by atoms with Crippen LogP contribution < -0.4 is 9.47 Å². The topological polar surface area (TPSA) is 117 Å². The van der Waals surface area contributed by atoms with E-state index in [0.29, 0.717) is 11.3 Å².